The normalized spacial score (nSPS) is 16.4. The van der Waals surface area contributed by atoms with E-state index >= 15 is 0 Å². The number of hydrogen-bond donors (Lipinski definition) is 1. The number of morpholine rings is 1. The van der Waals surface area contributed by atoms with Gasteiger partial charge in [-0.15, -0.1) is 0 Å². The highest BCUT2D eigenvalue weighted by atomic mass is 32.1. The first-order valence-electron chi connectivity index (χ1n) is 4.65. The maximum absolute atomic E-state index is 5.46. The molecule has 1 aliphatic heterocycles. The van der Waals surface area contributed by atoms with Crippen LogP contribution in [0.25, 0.3) is 0 Å². The summed E-state index contributed by atoms with van der Waals surface area (Å²) in [5.41, 5.74) is 5.46. The molecule has 1 aromatic heterocycles. The predicted octanol–water partition coefficient (Wildman–Crippen LogP) is -0.252. The van der Waals surface area contributed by atoms with E-state index in [1.54, 1.807) is 6.07 Å². The maximum Gasteiger partial charge on any atom is 0.189 e. The second-order valence-electron chi connectivity index (χ2n) is 3.14. The Morgan fingerprint density at radius 3 is 2.93 bits per heavy atom. The molecule has 2 heterocycles. The van der Waals surface area contributed by atoms with Gasteiger partial charge < -0.3 is 15.4 Å². The summed E-state index contributed by atoms with van der Waals surface area (Å²) in [6, 6.07) is 1.73. The Bertz CT molecular complexity index is 365. The number of hydrogen-bond acceptors (Lipinski definition) is 5. The topological polar surface area (TPSA) is 64.3 Å². The van der Waals surface area contributed by atoms with Crippen LogP contribution in [0.15, 0.2) is 6.07 Å². The molecule has 1 aliphatic rings. The van der Waals surface area contributed by atoms with Crippen LogP contribution in [0.1, 0.15) is 5.82 Å². The first-order valence-corrected chi connectivity index (χ1v) is 5.06. The summed E-state index contributed by atoms with van der Waals surface area (Å²) in [5.74, 6) is 1.17. The molecule has 1 aromatic rings. The highest BCUT2D eigenvalue weighted by molar-refractivity contribution is 7.80. The Morgan fingerprint density at radius 2 is 2.27 bits per heavy atom. The van der Waals surface area contributed by atoms with Crippen molar-refractivity contribution in [2.45, 2.75) is 0 Å². The van der Waals surface area contributed by atoms with Crippen molar-refractivity contribution < 1.29 is 4.74 Å². The number of ether oxygens (including phenoxy) is 1. The van der Waals surface area contributed by atoms with E-state index in [4.69, 9.17) is 22.7 Å². The lowest BCUT2D eigenvalue weighted by Gasteiger charge is -2.27. The van der Waals surface area contributed by atoms with Crippen LogP contribution in [0.5, 0.6) is 0 Å². The van der Waals surface area contributed by atoms with Crippen LogP contribution in [0.4, 0.5) is 5.82 Å². The first-order chi connectivity index (χ1) is 7.27. The van der Waals surface area contributed by atoms with Crippen molar-refractivity contribution in [3.05, 3.63) is 18.1 Å². The van der Waals surface area contributed by atoms with Crippen molar-refractivity contribution in [1.29, 1.82) is 0 Å². The van der Waals surface area contributed by atoms with Crippen LogP contribution in [0, 0.1) is 6.20 Å². The van der Waals surface area contributed by atoms with Gasteiger partial charge in [0.1, 0.15) is 10.8 Å². The molecule has 0 aromatic carbocycles. The third-order valence-corrected chi connectivity index (χ3v) is 2.32. The minimum absolute atomic E-state index is 0.196. The number of nitrogens with two attached hydrogens (primary N) is 1. The Morgan fingerprint density at radius 1 is 1.53 bits per heavy atom. The van der Waals surface area contributed by atoms with Crippen LogP contribution >= 0.6 is 12.2 Å². The molecule has 1 radical (unpaired) electrons. The van der Waals surface area contributed by atoms with Gasteiger partial charge in [0.15, 0.2) is 5.82 Å². The van der Waals surface area contributed by atoms with Gasteiger partial charge >= 0.3 is 0 Å². The summed E-state index contributed by atoms with van der Waals surface area (Å²) >= 11 is 4.81. The molecule has 79 valence electrons. The number of thiocarbonyl (C=S) groups is 1. The Labute approximate surface area is 93.3 Å². The molecule has 2 N–H and O–H groups in total. The summed E-state index contributed by atoms with van der Waals surface area (Å²) < 4.78 is 5.25. The van der Waals surface area contributed by atoms with Crippen LogP contribution in [-0.4, -0.2) is 41.3 Å². The van der Waals surface area contributed by atoms with Crippen molar-refractivity contribution in [2.24, 2.45) is 5.73 Å². The average molecular weight is 223 g/mol. The fourth-order valence-corrected chi connectivity index (χ4v) is 1.47. The van der Waals surface area contributed by atoms with E-state index in [1.165, 1.54) is 0 Å². The van der Waals surface area contributed by atoms with Gasteiger partial charge in [-0.3, -0.25) is 0 Å². The number of rotatable bonds is 2. The molecule has 0 spiro atoms. The van der Waals surface area contributed by atoms with Gasteiger partial charge in [0.25, 0.3) is 0 Å². The summed E-state index contributed by atoms with van der Waals surface area (Å²) in [6.45, 7) is 3.07. The van der Waals surface area contributed by atoms with Gasteiger partial charge in [-0.25, -0.2) is 9.97 Å². The summed E-state index contributed by atoms with van der Waals surface area (Å²) in [6.07, 6.45) is 2.75. The molecule has 0 bridgehead atoms. The van der Waals surface area contributed by atoms with Crippen LogP contribution in [0.3, 0.4) is 0 Å². The third kappa shape index (κ3) is 2.40. The molecule has 5 nitrogen and oxygen atoms in total. The SMILES string of the molecule is NC(=S)c1n[c]cc(N2CCOCC2)n1. The number of aromatic nitrogens is 2. The molecule has 0 saturated carbocycles. The summed E-state index contributed by atoms with van der Waals surface area (Å²) in [7, 11) is 0. The van der Waals surface area contributed by atoms with E-state index in [2.05, 4.69) is 21.1 Å². The van der Waals surface area contributed by atoms with E-state index in [0.29, 0.717) is 19.0 Å². The minimum Gasteiger partial charge on any atom is -0.387 e. The standard InChI is InChI=1S/C9H11N4OS/c10-8(15)9-11-2-1-7(12-9)13-3-5-14-6-4-13/h1H,3-6H2,(H2,10,15). The third-order valence-electron chi connectivity index (χ3n) is 2.14. The van der Waals surface area contributed by atoms with E-state index in [9.17, 15) is 0 Å². The average Bonchev–Trinajstić information content (AvgIpc) is 2.30. The van der Waals surface area contributed by atoms with Gasteiger partial charge in [0, 0.05) is 19.2 Å². The largest absolute Gasteiger partial charge is 0.387 e. The molecular formula is C9H11N4OS. The molecular weight excluding hydrogens is 212 g/mol. The molecule has 0 unspecified atom stereocenters. The smallest absolute Gasteiger partial charge is 0.189 e. The molecule has 1 saturated heterocycles. The number of anilines is 1. The Kier molecular flexibility index (Phi) is 3.08. The van der Waals surface area contributed by atoms with Crippen molar-refractivity contribution in [3.63, 3.8) is 0 Å². The highest BCUT2D eigenvalue weighted by Gasteiger charge is 2.13. The number of nitrogens with zero attached hydrogens (tertiary/aromatic N) is 3. The molecule has 2 rings (SSSR count). The molecule has 0 atom stereocenters. The lowest BCUT2D eigenvalue weighted by Crippen LogP contribution is -2.37. The second kappa shape index (κ2) is 4.50. The van der Waals surface area contributed by atoms with Crippen molar-refractivity contribution in [1.82, 2.24) is 9.97 Å². The maximum atomic E-state index is 5.46. The Balaban J connectivity index is 2.19. The van der Waals surface area contributed by atoms with Crippen LogP contribution in [0.2, 0.25) is 0 Å². The molecule has 0 aliphatic carbocycles. The van der Waals surface area contributed by atoms with Gasteiger partial charge in [0.2, 0.25) is 0 Å². The zero-order valence-corrected chi connectivity index (χ0v) is 8.96. The van der Waals surface area contributed by atoms with Crippen molar-refractivity contribution >= 4 is 23.0 Å². The highest BCUT2D eigenvalue weighted by Crippen LogP contribution is 2.11. The Hall–Kier alpha value is -1.27. The van der Waals surface area contributed by atoms with Crippen LogP contribution in [-0.2, 0) is 4.74 Å². The van der Waals surface area contributed by atoms with E-state index in [0.717, 1.165) is 18.9 Å². The quantitative estimate of drug-likeness (QED) is 0.697. The van der Waals surface area contributed by atoms with E-state index in [-0.39, 0.29) is 4.99 Å². The van der Waals surface area contributed by atoms with E-state index < -0.39 is 0 Å². The van der Waals surface area contributed by atoms with Crippen LogP contribution < -0.4 is 10.6 Å². The zero-order valence-electron chi connectivity index (χ0n) is 8.14. The lowest BCUT2D eigenvalue weighted by molar-refractivity contribution is 0.122. The first kappa shape index (κ1) is 10.3. The predicted molar refractivity (Wildman–Crippen MR) is 59.8 cm³/mol. The molecule has 6 heteroatoms. The summed E-state index contributed by atoms with van der Waals surface area (Å²) in [5, 5.41) is 0. The lowest BCUT2D eigenvalue weighted by atomic mass is 10.4. The molecule has 1 fully saturated rings. The van der Waals surface area contributed by atoms with Gasteiger partial charge in [-0.1, -0.05) is 12.2 Å². The summed E-state index contributed by atoms with van der Waals surface area (Å²) in [4.78, 5) is 10.4. The van der Waals surface area contributed by atoms with E-state index in [1.807, 2.05) is 0 Å². The van der Waals surface area contributed by atoms with Gasteiger partial charge in [-0.05, 0) is 0 Å². The minimum atomic E-state index is 0.196. The van der Waals surface area contributed by atoms with Gasteiger partial charge in [-0.2, -0.15) is 0 Å². The fourth-order valence-electron chi connectivity index (χ4n) is 1.38. The molecule has 0 amide bonds. The monoisotopic (exact) mass is 223 g/mol. The zero-order chi connectivity index (χ0) is 10.7. The van der Waals surface area contributed by atoms with Crippen molar-refractivity contribution in [3.8, 4) is 0 Å². The van der Waals surface area contributed by atoms with Gasteiger partial charge in [0.05, 0.1) is 19.4 Å². The van der Waals surface area contributed by atoms with Crippen molar-refractivity contribution in [2.75, 3.05) is 31.2 Å². The fraction of sp³-hybridized carbons (Fsp3) is 0.444. The second-order valence-corrected chi connectivity index (χ2v) is 3.58. The molecule has 15 heavy (non-hydrogen) atoms.